The van der Waals surface area contributed by atoms with Crippen molar-refractivity contribution in [2.45, 2.75) is 32.1 Å². The summed E-state index contributed by atoms with van der Waals surface area (Å²) in [6, 6.07) is 20.1. The molecule has 2 amide bonds. The molecule has 0 aliphatic heterocycles. The molecule has 3 aromatic rings. The molecular formula is C26H29N3O4S. The molecule has 0 saturated carbocycles. The lowest BCUT2D eigenvalue weighted by molar-refractivity contribution is -0.114. The van der Waals surface area contributed by atoms with Gasteiger partial charge in [-0.05, 0) is 61.7 Å². The number of hydrogen-bond donors (Lipinski definition) is 2. The zero-order valence-corrected chi connectivity index (χ0v) is 20.4. The molecule has 0 aliphatic rings. The molecule has 178 valence electrons. The van der Waals surface area contributed by atoms with Crippen LogP contribution in [0.25, 0.3) is 0 Å². The number of para-hydroxylation sites is 1. The summed E-state index contributed by atoms with van der Waals surface area (Å²) in [5.41, 5.74) is 2.64. The van der Waals surface area contributed by atoms with E-state index in [-0.39, 0.29) is 10.8 Å². The number of aryl methyl sites for hydroxylation is 2. The van der Waals surface area contributed by atoms with Gasteiger partial charge in [-0.2, -0.15) is 0 Å². The predicted molar refractivity (Wildman–Crippen MR) is 135 cm³/mol. The highest BCUT2D eigenvalue weighted by atomic mass is 32.2. The van der Waals surface area contributed by atoms with E-state index in [4.69, 9.17) is 0 Å². The van der Waals surface area contributed by atoms with Crippen molar-refractivity contribution in [1.29, 1.82) is 0 Å². The van der Waals surface area contributed by atoms with E-state index in [0.29, 0.717) is 23.5 Å². The summed E-state index contributed by atoms with van der Waals surface area (Å²) < 4.78 is 28.2. The molecule has 8 heteroatoms. The predicted octanol–water partition coefficient (Wildman–Crippen LogP) is 4.28. The maximum atomic E-state index is 13.6. The van der Waals surface area contributed by atoms with Gasteiger partial charge in [0.25, 0.3) is 15.9 Å². The van der Waals surface area contributed by atoms with Crippen LogP contribution in [0.4, 0.5) is 11.4 Å². The zero-order chi connectivity index (χ0) is 24.7. The van der Waals surface area contributed by atoms with Crippen molar-refractivity contribution in [3.63, 3.8) is 0 Å². The molecule has 0 atom stereocenters. The monoisotopic (exact) mass is 479 g/mol. The number of nitrogens with zero attached hydrogens (tertiary/aromatic N) is 1. The number of carbonyl (C=O) groups is 2. The normalized spacial score (nSPS) is 11.0. The van der Waals surface area contributed by atoms with Crippen LogP contribution in [0.3, 0.4) is 0 Å². The van der Waals surface area contributed by atoms with Crippen LogP contribution in [-0.4, -0.2) is 33.3 Å². The summed E-state index contributed by atoms with van der Waals surface area (Å²) in [6.07, 6.45) is 0.780. The molecule has 2 N–H and O–H groups in total. The first-order valence-electron chi connectivity index (χ1n) is 11.1. The van der Waals surface area contributed by atoms with E-state index in [9.17, 15) is 18.0 Å². The highest BCUT2D eigenvalue weighted by Crippen LogP contribution is 2.28. The number of hydrogen-bond acceptors (Lipinski definition) is 4. The van der Waals surface area contributed by atoms with Crippen LogP contribution in [0.5, 0.6) is 0 Å². The van der Waals surface area contributed by atoms with E-state index in [2.05, 4.69) is 10.6 Å². The lowest BCUT2D eigenvalue weighted by atomic mass is 10.1. The third-order valence-electron chi connectivity index (χ3n) is 5.23. The van der Waals surface area contributed by atoms with Crippen molar-refractivity contribution in [2.24, 2.45) is 0 Å². The Labute approximate surface area is 200 Å². The Morgan fingerprint density at radius 1 is 0.912 bits per heavy atom. The molecule has 0 radical (unpaired) electrons. The van der Waals surface area contributed by atoms with E-state index >= 15 is 0 Å². The van der Waals surface area contributed by atoms with Crippen molar-refractivity contribution in [3.8, 4) is 0 Å². The number of nitrogens with one attached hydrogen (secondary N) is 2. The van der Waals surface area contributed by atoms with E-state index in [1.165, 1.54) is 12.1 Å². The molecule has 0 saturated heterocycles. The molecule has 34 heavy (non-hydrogen) atoms. The Bertz CT molecular complexity index is 1270. The molecule has 3 aromatic carbocycles. The summed E-state index contributed by atoms with van der Waals surface area (Å²) in [4.78, 5) is 25.7. The van der Waals surface area contributed by atoms with E-state index in [1.54, 1.807) is 55.5 Å². The fraction of sp³-hybridized carbons (Fsp3) is 0.231. The topological polar surface area (TPSA) is 95.6 Å². The lowest BCUT2D eigenvalue weighted by Crippen LogP contribution is -2.39. The number of carbonyl (C=O) groups excluding carboxylic acids is 2. The molecule has 0 aliphatic carbocycles. The van der Waals surface area contributed by atoms with E-state index in [0.717, 1.165) is 21.9 Å². The van der Waals surface area contributed by atoms with Gasteiger partial charge in [0.1, 0.15) is 6.54 Å². The molecule has 0 fully saturated rings. The van der Waals surface area contributed by atoms with Crippen molar-refractivity contribution >= 4 is 33.2 Å². The average molecular weight is 480 g/mol. The number of anilines is 2. The minimum atomic E-state index is -4.03. The van der Waals surface area contributed by atoms with Gasteiger partial charge in [0.15, 0.2) is 0 Å². The van der Waals surface area contributed by atoms with E-state index < -0.39 is 22.5 Å². The van der Waals surface area contributed by atoms with Crippen LogP contribution >= 0.6 is 0 Å². The smallest absolute Gasteiger partial charge is 0.264 e. The van der Waals surface area contributed by atoms with Crippen molar-refractivity contribution < 1.29 is 18.0 Å². The minimum Gasteiger partial charge on any atom is -0.352 e. The number of amides is 2. The Balaban J connectivity index is 1.95. The molecule has 0 unspecified atom stereocenters. The van der Waals surface area contributed by atoms with Crippen LogP contribution in [0.2, 0.25) is 0 Å². The SMILES string of the molecule is CCCNC(=O)c1ccccc1NC(=O)CN(c1cc(C)ccc1C)S(=O)(=O)c1ccccc1. The maximum Gasteiger partial charge on any atom is 0.264 e. The molecule has 0 bridgehead atoms. The second-order valence-corrected chi connectivity index (χ2v) is 9.83. The first kappa shape index (κ1) is 25.0. The first-order valence-corrected chi connectivity index (χ1v) is 12.5. The third-order valence-corrected chi connectivity index (χ3v) is 7.01. The first-order chi connectivity index (χ1) is 16.2. The van der Waals surface area contributed by atoms with Crippen LogP contribution in [0.15, 0.2) is 77.7 Å². The second kappa shape index (κ2) is 11.0. The maximum absolute atomic E-state index is 13.6. The Morgan fingerprint density at radius 3 is 2.29 bits per heavy atom. The largest absolute Gasteiger partial charge is 0.352 e. The van der Waals surface area contributed by atoms with Gasteiger partial charge in [-0.3, -0.25) is 13.9 Å². The molecule has 0 spiro atoms. The molecular weight excluding hydrogens is 450 g/mol. The van der Waals surface area contributed by atoms with Gasteiger partial charge in [-0.1, -0.05) is 49.4 Å². The number of sulfonamides is 1. The minimum absolute atomic E-state index is 0.0862. The zero-order valence-electron chi connectivity index (χ0n) is 19.5. The Morgan fingerprint density at radius 2 is 1.59 bits per heavy atom. The Hall–Kier alpha value is -3.65. The Kier molecular flexibility index (Phi) is 8.07. The highest BCUT2D eigenvalue weighted by molar-refractivity contribution is 7.92. The summed E-state index contributed by atoms with van der Waals surface area (Å²) in [7, 11) is -4.03. The third kappa shape index (κ3) is 5.82. The van der Waals surface area contributed by atoms with E-state index in [1.807, 2.05) is 26.0 Å². The van der Waals surface area contributed by atoms with Gasteiger partial charge in [-0.15, -0.1) is 0 Å². The van der Waals surface area contributed by atoms with Crippen LogP contribution < -0.4 is 14.9 Å². The second-order valence-electron chi connectivity index (χ2n) is 7.96. The summed E-state index contributed by atoms with van der Waals surface area (Å²) in [5, 5.41) is 5.51. The summed E-state index contributed by atoms with van der Waals surface area (Å²) in [6.45, 7) is 5.67. The molecule has 0 heterocycles. The van der Waals surface area contributed by atoms with Gasteiger partial charge in [0.05, 0.1) is 21.8 Å². The standard InChI is InChI=1S/C26H29N3O4S/c1-4-16-27-26(31)22-12-8-9-13-23(22)28-25(30)18-29(24-17-19(2)14-15-20(24)3)34(32,33)21-10-6-5-7-11-21/h5-15,17H,4,16,18H2,1-3H3,(H,27,31)(H,28,30). The van der Waals surface area contributed by atoms with Gasteiger partial charge >= 0.3 is 0 Å². The molecule has 3 rings (SSSR count). The number of benzene rings is 3. The summed E-state index contributed by atoms with van der Waals surface area (Å²) in [5.74, 6) is -0.864. The van der Waals surface area contributed by atoms with Crippen molar-refractivity contribution in [3.05, 3.63) is 89.5 Å². The fourth-order valence-electron chi connectivity index (χ4n) is 3.45. The molecule has 0 aromatic heterocycles. The van der Waals surface area contributed by atoms with Gasteiger partial charge < -0.3 is 10.6 Å². The van der Waals surface area contributed by atoms with Gasteiger partial charge in [-0.25, -0.2) is 8.42 Å². The van der Waals surface area contributed by atoms with Crippen LogP contribution in [-0.2, 0) is 14.8 Å². The van der Waals surface area contributed by atoms with Gasteiger partial charge in [0.2, 0.25) is 5.91 Å². The van der Waals surface area contributed by atoms with Crippen molar-refractivity contribution in [2.75, 3.05) is 22.7 Å². The van der Waals surface area contributed by atoms with Gasteiger partial charge in [0, 0.05) is 6.54 Å². The lowest BCUT2D eigenvalue weighted by Gasteiger charge is -2.26. The number of rotatable bonds is 9. The quantitative estimate of drug-likeness (QED) is 0.479. The average Bonchev–Trinajstić information content (AvgIpc) is 2.83. The van der Waals surface area contributed by atoms with Crippen LogP contribution in [0.1, 0.15) is 34.8 Å². The van der Waals surface area contributed by atoms with Crippen molar-refractivity contribution in [1.82, 2.24) is 5.32 Å². The fourth-order valence-corrected chi connectivity index (χ4v) is 4.95. The van der Waals surface area contributed by atoms with Crippen LogP contribution in [0, 0.1) is 13.8 Å². The highest BCUT2D eigenvalue weighted by Gasteiger charge is 2.28. The summed E-state index contributed by atoms with van der Waals surface area (Å²) >= 11 is 0. The molecule has 7 nitrogen and oxygen atoms in total.